The fourth-order valence-electron chi connectivity index (χ4n) is 5.06. The summed E-state index contributed by atoms with van der Waals surface area (Å²) >= 11 is 0. The summed E-state index contributed by atoms with van der Waals surface area (Å²) in [6.45, 7) is 3.62. The van der Waals surface area contributed by atoms with Crippen LogP contribution in [0.4, 0.5) is 4.39 Å². The molecule has 1 atom stereocenters. The number of aliphatic hydroxyl groups excluding tert-OH is 1. The minimum atomic E-state index is -0.275. The molecule has 1 N–H and O–H groups in total. The number of benzene rings is 1. The minimum Gasteiger partial charge on any atom is -0.393 e. The van der Waals surface area contributed by atoms with Gasteiger partial charge in [-0.1, -0.05) is 12.1 Å². The lowest BCUT2D eigenvalue weighted by Gasteiger charge is -2.39. The molecule has 1 aromatic rings. The molecule has 1 saturated carbocycles. The number of rotatable bonds is 3. The van der Waals surface area contributed by atoms with E-state index in [-0.39, 0.29) is 29.3 Å². The van der Waals surface area contributed by atoms with Crippen LogP contribution in [0.3, 0.4) is 0 Å². The molecule has 1 amide bonds. The van der Waals surface area contributed by atoms with Crippen molar-refractivity contribution in [1.82, 2.24) is 9.80 Å². The first-order valence-corrected chi connectivity index (χ1v) is 10.0. The highest BCUT2D eigenvalue weighted by atomic mass is 19.1. The van der Waals surface area contributed by atoms with Gasteiger partial charge in [0.2, 0.25) is 5.91 Å². The second kappa shape index (κ2) is 7.28. The quantitative estimate of drug-likeness (QED) is 0.901. The predicted molar refractivity (Wildman–Crippen MR) is 97.9 cm³/mol. The highest BCUT2D eigenvalue weighted by Crippen LogP contribution is 2.40. The molecule has 1 aromatic carbocycles. The Labute approximate surface area is 155 Å². The molecular weight excluding hydrogens is 331 g/mol. The molecule has 3 fully saturated rings. The molecule has 4 nitrogen and oxygen atoms in total. The third-order valence-corrected chi connectivity index (χ3v) is 6.72. The smallest absolute Gasteiger partial charge is 0.225 e. The fourth-order valence-corrected chi connectivity index (χ4v) is 5.06. The molecule has 2 heterocycles. The van der Waals surface area contributed by atoms with Crippen molar-refractivity contribution in [3.63, 3.8) is 0 Å². The molecule has 0 bridgehead atoms. The van der Waals surface area contributed by atoms with Crippen LogP contribution in [0, 0.1) is 11.7 Å². The molecule has 0 unspecified atom stereocenters. The topological polar surface area (TPSA) is 43.8 Å². The van der Waals surface area contributed by atoms with E-state index in [2.05, 4.69) is 4.90 Å². The Morgan fingerprint density at radius 2 is 1.77 bits per heavy atom. The molecule has 26 heavy (non-hydrogen) atoms. The van der Waals surface area contributed by atoms with Gasteiger partial charge in [-0.25, -0.2) is 4.39 Å². The molecule has 4 rings (SSSR count). The Hall–Kier alpha value is -1.46. The average Bonchev–Trinajstić information content (AvgIpc) is 2.85. The molecule has 142 valence electrons. The maximum absolute atomic E-state index is 13.2. The van der Waals surface area contributed by atoms with Crippen LogP contribution in [0.15, 0.2) is 24.3 Å². The van der Waals surface area contributed by atoms with E-state index < -0.39 is 0 Å². The summed E-state index contributed by atoms with van der Waals surface area (Å²) in [5, 5.41) is 9.48. The van der Waals surface area contributed by atoms with Crippen molar-refractivity contribution in [3.05, 3.63) is 35.6 Å². The van der Waals surface area contributed by atoms with E-state index in [1.54, 1.807) is 12.1 Å². The van der Waals surface area contributed by atoms with Gasteiger partial charge in [-0.15, -0.1) is 0 Å². The highest BCUT2D eigenvalue weighted by molar-refractivity contribution is 5.79. The Bertz CT molecular complexity index is 644. The number of likely N-dealkylation sites (tertiary alicyclic amines) is 2. The molecule has 0 radical (unpaired) electrons. The van der Waals surface area contributed by atoms with E-state index in [4.69, 9.17) is 0 Å². The first-order chi connectivity index (χ1) is 12.6. The van der Waals surface area contributed by atoms with E-state index >= 15 is 0 Å². The number of aliphatic hydroxyl groups is 1. The Morgan fingerprint density at radius 3 is 2.46 bits per heavy atom. The fraction of sp³-hybridized carbons (Fsp3) is 0.667. The van der Waals surface area contributed by atoms with E-state index in [0.717, 1.165) is 51.0 Å². The highest BCUT2D eigenvalue weighted by Gasteiger charge is 2.43. The second-order valence-electron chi connectivity index (χ2n) is 8.38. The van der Waals surface area contributed by atoms with Crippen LogP contribution in [-0.4, -0.2) is 52.1 Å². The van der Waals surface area contributed by atoms with E-state index in [1.165, 1.54) is 12.8 Å². The molecule has 5 heteroatoms. The summed E-state index contributed by atoms with van der Waals surface area (Å²) in [4.78, 5) is 17.3. The van der Waals surface area contributed by atoms with Crippen molar-refractivity contribution < 1.29 is 14.3 Å². The van der Waals surface area contributed by atoms with Crippen molar-refractivity contribution in [1.29, 1.82) is 0 Å². The van der Waals surface area contributed by atoms with Gasteiger partial charge in [0, 0.05) is 31.1 Å². The monoisotopic (exact) mass is 360 g/mol. The summed E-state index contributed by atoms with van der Waals surface area (Å²) in [6.07, 6.45) is 6.58. The van der Waals surface area contributed by atoms with Crippen LogP contribution < -0.4 is 0 Å². The SMILES string of the molecule is O=C(C1CC(O)C1)N1CCC[C@@]2(CCCN2Cc2ccc(F)cc2)CC1. The van der Waals surface area contributed by atoms with Crippen molar-refractivity contribution in [2.45, 2.75) is 63.1 Å². The molecule has 2 saturated heterocycles. The number of hydrogen-bond donors (Lipinski definition) is 1. The largest absolute Gasteiger partial charge is 0.393 e. The normalized spacial score (nSPS) is 32.5. The lowest BCUT2D eigenvalue weighted by molar-refractivity contribution is -0.142. The molecule has 1 aliphatic carbocycles. The van der Waals surface area contributed by atoms with Crippen LogP contribution in [0.1, 0.15) is 50.5 Å². The molecule has 0 aromatic heterocycles. The van der Waals surface area contributed by atoms with Crippen LogP contribution in [-0.2, 0) is 11.3 Å². The van der Waals surface area contributed by atoms with Gasteiger partial charge in [0.05, 0.1) is 6.10 Å². The zero-order chi connectivity index (χ0) is 18.1. The van der Waals surface area contributed by atoms with Crippen molar-refractivity contribution in [2.24, 2.45) is 5.92 Å². The van der Waals surface area contributed by atoms with Gasteiger partial charge in [0.1, 0.15) is 5.82 Å². The average molecular weight is 360 g/mol. The predicted octanol–water partition coefficient (Wildman–Crippen LogP) is 2.94. The summed E-state index contributed by atoms with van der Waals surface area (Å²) < 4.78 is 13.2. The van der Waals surface area contributed by atoms with Crippen molar-refractivity contribution in [3.8, 4) is 0 Å². The lowest BCUT2D eigenvalue weighted by Crippen LogP contribution is -2.46. The third-order valence-electron chi connectivity index (χ3n) is 6.72. The summed E-state index contributed by atoms with van der Waals surface area (Å²) in [5.74, 6) is 0.1000. The van der Waals surface area contributed by atoms with Crippen LogP contribution in [0.2, 0.25) is 0 Å². The first-order valence-electron chi connectivity index (χ1n) is 10.0. The molecule has 2 aliphatic heterocycles. The van der Waals surface area contributed by atoms with Gasteiger partial charge in [0.15, 0.2) is 0 Å². The Balaban J connectivity index is 1.40. The van der Waals surface area contributed by atoms with Gasteiger partial charge in [-0.05, 0) is 69.2 Å². The van der Waals surface area contributed by atoms with Crippen LogP contribution >= 0.6 is 0 Å². The van der Waals surface area contributed by atoms with Crippen LogP contribution in [0.25, 0.3) is 0 Å². The van der Waals surface area contributed by atoms with Gasteiger partial charge in [0.25, 0.3) is 0 Å². The van der Waals surface area contributed by atoms with Gasteiger partial charge < -0.3 is 10.0 Å². The summed E-state index contributed by atoms with van der Waals surface area (Å²) in [6, 6.07) is 6.85. The van der Waals surface area contributed by atoms with Gasteiger partial charge in [-0.2, -0.15) is 0 Å². The lowest BCUT2D eigenvalue weighted by atomic mass is 9.81. The van der Waals surface area contributed by atoms with E-state index in [0.29, 0.717) is 12.8 Å². The molecule has 1 spiro atoms. The number of amides is 1. The summed E-state index contributed by atoms with van der Waals surface area (Å²) in [5.41, 5.74) is 1.34. The van der Waals surface area contributed by atoms with E-state index in [1.807, 2.05) is 17.0 Å². The number of hydrogen-bond acceptors (Lipinski definition) is 3. The number of carbonyl (C=O) groups excluding carboxylic acids is 1. The Morgan fingerprint density at radius 1 is 1.08 bits per heavy atom. The maximum Gasteiger partial charge on any atom is 0.225 e. The minimum absolute atomic E-state index is 0.0398. The van der Waals surface area contributed by atoms with Crippen molar-refractivity contribution in [2.75, 3.05) is 19.6 Å². The number of halogens is 1. The van der Waals surface area contributed by atoms with Crippen molar-refractivity contribution >= 4 is 5.91 Å². The zero-order valence-corrected chi connectivity index (χ0v) is 15.4. The Kier molecular flexibility index (Phi) is 5.02. The first kappa shape index (κ1) is 17.9. The van der Waals surface area contributed by atoms with E-state index in [9.17, 15) is 14.3 Å². The number of carbonyl (C=O) groups is 1. The number of nitrogens with zero attached hydrogens (tertiary/aromatic N) is 2. The zero-order valence-electron chi connectivity index (χ0n) is 15.4. The van der Waals surface area contributed by atoms with Crippen LogP contribution in [0.5, 0.6) is 0 Å². The second-order valence-corrected chi connectivity index (χ2v) is 8.38. The third kappa shape index (κ3) is 3.52. The maximum atomic E-state index is 13.2. The molecule has 3 aliphatic rings. The van der Waals surface area contributed by atoms with Gasteiger partial charge >= 0.3 is 0 Å². The standard InChI is InChI=1S/C21H29FN2O2/c22-18-5-3-16(4-6-18)15-24-11-2-8-21(24)7-1-10-23(12-9-21)20(26)17-13-19(25)14-17/h3-6,17,19,25H,1-2,7-15H2/t17?,19?,21-/m1/s1. The van der Waals surface area contributed by atoms with Gasteiger partial charge in [-0.3, -0.25) is 9.69 Å². The molecular formula is C21H29FN2O2. The summed E-state index contributed by atoms with van der Waals surface area (Å²) in [7, 11) is 0.